The van der Waals surface area contributed by atoms with Crippen LogP contribution in [0.2, 0.25) is 0 Å². The van der Waals surface area contributed by atoms with Crippen LogP contribution in [0.15, 0.2) is 12.3 Å². The Bertz CT molecular complexity index is 298. The van der Waals surface area contributed by atoms with Crippen LogP contribution in [0.3, 0.4) is 0 Å². The van der Waals surface area contributed by atoms with Crippen LogP contribution in [0, 0.1) is 5.41 Å². The first-order chi connectivity index (χ1) is 7.93. The van der Waals surface area contributed by atoms with E-state index in [9.17, 15) is 4.79 Å². The Morgan fingerprint density at radius 1 is 1.22 bits per heavy atom. The van der Waals surface area contributed by atoms with Crippen LogP contribution in [0.25, 0.3) is 0 Å². The third kappa shape index (κ3) is 7.20. The van der Waals surface area contributed by atoms with E-state index in [1.165, 1.54) is 0 Å². The van der Waals surface area contributed by atoms with Crippen molar-refractivity contribution in [1.29, 1.82) is 0 Å². The maximum absolute atomic E-state index is 11.7. The van der Waals surface area contributed by atoms with Gasteiger partial charge in [-0.1, -0.05) is 27.4 Å². The third-order valence-electron chi connectivity index (χ3n) is 2.40. The van der Waals surface area contributed by atoms with Crippen LogP contribution in [0.1, 0.15) is 41.5 Å². The fraction of sp³-hybridized carbons (Fsp3) is 0.786. The van der Waals surface area contributed by atoms with Gasteiger partial charge in [-0.25, -0.2) is 4.79 Å². The number of nitrogens with one attached hydrogen (secondary N) is 1. The number of allylic oxidation sites excluding steroid dienone is 1. The number of hydrogen-bond acceptors (Lipinski definition) is 3. The molecule has 0 saturated heterocycles. The van der Waals surface area contributed by atoms with Crippen molar-refractivity contribution in [2.45, 2.75) is 47.1 Å². The van der Waals surface area contributed by atoms with Crippen molar-refractivity contribution in [2.75, 3.05) is 20.1 Å². The zero-order valence-electron chi connectivity index (χ0n) is 12.9. The van der Waals surface area contributed by atoms with Gasteiger partial charge in [-0.3, -0.25) is 0 Å². The molecule has 0 rings (SSSR count). The van der Waals surface area contributed by atoms with Crippen molar-refractivity contribution in [1.82, 2.24) is 10.2 Å². The summed E-state index contributed by atoms with van der Waals surface area (Å²) >= 11 is 0. The molecule has 0 bridgehead atoms. The van der Waals surface area contributed by atoms with Crippen LogP contribution in [0.4, 0.5) is 4.79 Å². The van der Waals surface area contributed by atoms with Gasteiger partial charge in [-0.05, 0) is 20.8 Å². The summed E-state index contributed by atoms with van der Waals surface area (Å²) in [4.78, 5) is 13.2. The summed E-state index contributed by atoms with van der Waals surface area (Å²) in [6, 6.07) is 0. The van der Waals surface area contributed by atoms with Gasteiger partial charge in [-0.2, -0.15) is 0 Å². The molecule has 0 aromatic rings. The van der Waals surface area contributed by atoms with Crippen LogP contribution < -0.4 is 5.32 Å². The lowest BCUT2D eigenvalue weighted by molar-refractivity contribution is 0.0301. The number of hydrogen-bond donors (Lipinski definition) is 1. The maximum Gasteiger partial charge on any atom is 0.410 e. The fourth-order valence-electron chi connectivity index (χ4n) is 1.07. The lowest BCUT2D eigenvalue weighted by Gasteiger charge is -2.26. The lowest BCUT2D eigenvalue weighted by Crippen LogP contribution is -2.38. The second-order valence-corrected chi connectivity index (χ2v) is 6.56. The van der Waals surface area contributed by atoms with E-state index in [1.807, 2.05) is 20.8 Å². The van der Waals surface area contributed by atoms with Gasteiger partial charge in [0, 0.05) is 31.2 Å². The molecule has 4 heteroatoms. The number of likely N-dealkylation sites (N-methyl/N-ethyl adjacent to an activating group) is 1. The predicted molar refractivity (Wildman–Crippen MR) is 75.5 cm³/mol. The molecule has 0 aromatic heterocycles. The van der Waals surface area contributed by atoms with Crippen LogP contribution in [0.5, 0.6) is 0 Å². The van der Waals surface area contributed by atoms with E-state index in [1.54, 1.807) is 11.9 Å². The molecule has 0 aliphatic carbocycles. The average Bonchev–Trinajstić information content (AvgIpc) is 2.12. The van der Waals surface area contributed by atoms with Gasteiger partial charge in [0.1, 0.15) is 5.60 Å². The van der Waals surface area contributed by atoms with Gasteiger partial charge >= 0.3 is 6.09 Å². The number of carbonyl (C=O) groups is 1. The van der Waals surface area contributed by atoms with E-state index in [0.29, 0.717) is 13.1 Å². The summed E-state index contributed by atoms with van der Waals surface area (Å²) < 4.78 is 5.26. The van der Waals surface area contributed by atoms with Crippen LogP contribution in [-0.2, 0) is 4.74 Å². The van der Waals surface area contributed by atoms with E-state index >= 15 is 0 Å². The minimum atomic E-state index is -0.451. The molecule has 0 aliphatic rings. The average molecular weight is 256 g/mol. The number of carbonyl (C=O) groups excluding carboxylic acids is 1. The molecule has 0 heterocycles. The Labute approximate surface area is 111 Å². The summed E-state index contributed by atoms with van der Waals surface area (Å²) in [5.41, 5.74) is 0.554. The van der Waals surface area contributed by atoms with Gasteiger partial charge < -0.3 is 15.0 Å². The second-order valence-electron chi connectivity index (χ2n) is 6.56. The van der Waals surface area contributed by atoms with Crippen molar-refractivity contribution in [3.8, 4) is 0 Å². The van der Waals surface area contributed by atoms with Crippen molar-refractivity contribution in [3.05, 3.63) is 12.3 Å². The minimum Gasteiger partial charge on any atom is -0.444 e. The highest BCUT2D eigenvalue weighted by molar-refractivity contribution is 5.67. The summed E-state index contributed by atoms with van der Waals surface area (Å²) in [7, 11) is 1.73. The zero-order valence-corrected chi connectivity index (χ0v) is 12.9. The normalized spacial score (nSPS) is 11.9. The van der Waals surface area contributed by atoms with E-state index in [0.717, 1.165) is 5.70 Å². The van der Waals surface area contributed by atoms with Crippen molar-refractivity contribution in [2.24, 2.45) is 5.41 Å². The summed E-state index contributed by atoms with van der Waals surface area (Å²) in [5.74, 6) is 0. The Morgan fingerprint density at radius 2 is 1.72 bits per heavy atom. The summed E-state index contributed by atoms with van der Waals surface area (Å²) in [5, 5.41) is 3.23. The van der Waals surface area contributed by atoms with E-state index in [4.69, 9.17) is 4.74 Å². The molecule has 106 valence electrons. The molecule has 0 aliphatic heterocycles. The highest BCUT2D eigenvalue weighted by Crippen LogP contribution is 2.20. The second kappa shape index (κ2) is 6.12. The monoisotopic (exact) mass is 256 g/mol. The van der Waals surface area contributed by atoms with Gasteiger partial charge in [0.2, 0.25) is 0 Å². The maximum atomic E-state index is 11.7. The molecule has 0 radical (unpaired) electrons. The Hall–Kier alpha value is -1.19. The van der Waals surface area contributed by atoms with Crippen molar-refractivity contribution >= 4 is 6.09 Å². The number of amides is 1. The van der Waals surface area contributed by atoms with Crippen LogP contribution in [-0.4, -0.2) is 36.7 Å². The Kier molecular flexibility index (Phi) is 5.71. The first kappa shape index (κ1) is 16.8. The van der Waals surface area contributed by atoms with Gasteiger partial charge in [-0.15, -0.1) is 0 Å². The lowest BCUT2D eigenvalue weighted by atomic mass is 9.93. The molecule has 0 aromatic carbocycles. The molecule has 0 fully saturated rings. The van der Waals surface area contributed by atoms with Crippen LogP contribution >= 0.6 is 0 Å². The largest absolute Gasteiger partial charge is 0.444 e. The molecule has 0 spiro atoms. The van der Waals surface area contributed by atoms with Gasteiger partial charge in [0.15, 0.2) is 0 Å². The van der Waals surface area contributed by atoms with Gasteiger partial charge in [0.05, 0.1) is 0 Å². The molecule has 0 atom stereocenters. The molecule has 0 saturated carbocycles. The molecule has 4 nitrogen and oxygen atoms in total. The molecule has 18 heavy (non-hydrogen) atoms. The first-order valence-electron chi connectivity index (χ1n) is 6.31. The van der Waals surface area contributed by atoms with E-state index < -0.39 is 5.60 Å². The van der Waals surface area contributed by atoms with E-state index in [2.05, 4.69) is 32.7 Å². The third-order valence-corrected chi connectivity index (χ3v) is 2.40. The predicted octanol–water partition coefficient (Wildman–Crippen LogP) is 3.00. The topological polar surface area (TPSA) is 41.6 Å². The number of ether oxygens (including phenoxy) is 1. The molecular formula is C14H28N2O2. The molecule has 1 N–H and O–H groups in total. The Morgan fingerprint density at radius 3 is 2.11 bits per heavy atom. The first-order valence-corrected chi connectivity index (χ1v) is 6.31. The number of nitrogens with zero attached hydrogens (tertiary/aromatic N) is 1. The van der Waals surface area contributed by atoms with Crippen molar-refractivity contribution < 1.29 is 9.53 Å². The quantitative estimate of drug-likeness (QED) is 0.840. The molecule has 1 amide bonds. The minimum absolute atomic E-state index is 0.0322. The Balaban J connectivity index is 4.02. The fourth-order valence-corrected chi connectivity index (χ4v) is 1.07. The number of rotatable bonds is 4. The molecule has 0 unspecified atom stereocenters. The highest BCUT2D eigenvalue weighted by Gasteiger charge is 2.19. The van der Waals surface area contributed by atoms with Crippen molar-refractivity contribution in [3.63, 3.8) is 0 Å². The smallest absolute Gasteiger partial charge is 0.410 e. The standard InChI is InChI=1S/C14H28N2O2/c1-11(13(2,3)4)15-9-10-16(8)12(17)18-14(5,6)7/h15H,1,9-10H2,2-8H3. The van der Waals surface area contributed by atoms with E-state index in [-0.39, 0.29) is 11.5 Å². The zero-order chi connectivity index (χ0) is 14.6. The molecular weight excluding hydrogens is 228 g/mol. The summed E-state index contributed by atoms with van der Waals surface area (Å²) in [6.45, 7) is 17.1. The van der Waals surface area contributed by atoms with Gasteiger partial charge in [0.25, 0.3) is 0 Å². The SMILES string of the molecule is C=C(NCCN(C)C(=O)OC(C)(C)C)C(C)(C)C. The summed E-state index contributed by atoms with van der Waals surface area (Å²) in [6.07, 6.45) is -0.300. The highest BCUT2D eigenvalue weighted by atomic mass is 16.6.